The zero-order chi connectivity index (χ0) is 96.7. The monoisotopic (exact) mass is 1880 g/mol. The van der Waals surface area contributed by atoms with E-state index >= 15 is 0 Å². The number of benzene rings is 1. The van der Waals surface area contributed by atoms with Gasteiger partial charge in [-0.2, -0.15) is 0 Å². The summed E-state index contributed by atoms with van der Waals surface area (Å²) >= 11 is 0. The van der Waals surface area contributed by atoms with Crippen molar-refractivity contribution >= 4 is 17.9 Å². The number of carbonyl (C=O) groups is 3. The normalized spacial score (nSPS) is 46.0. The second-order valence-electron chi connectivity index (χ2n) is 40.1. The molecule has 8 saturated heterocycles. The first kappa shape index (κ1) is 105. The summed E-state index contributed by atoms with van der Waals surface area (Å²) < 4.78 is 129. The van der Waals surface area contributed by atoms with E-state index in [2.05, 4.69) is 104 Å². The van der Waals surface area contributed by atoms with Crippen LogP contribution in [0.1, 0.15) is 192 Å². The van der Waals surface area contributed by atoms with Gasteiger partial charge in [0.2, 0.25) is 0 Å². The van der Waals surface area contributed by atoms with Crippen LogP contribution in [0, 0.1) is 47.3 Å². The van der Waals surface area contributed by atoms with Crippen molar-refractivity contribution in [1.82, 2.24) is 10.6 Å². The summed E-state index contributed by atoms with van der Waals surface area (Å²) in [4.78, 5) is 38.9. The van der Waals surface area contributed by atoms with Crippen LogP contribution in [-0.4, -0.2) is 293 Å². The van der Waals surface area contributed by atoms with Gasteiger partial charge in [-0.05, 0) is 152 Å². The highest BCUT2D eigenvalue weighted by Gasteiger charge is 2.63. The minimum absolute atomic E-state index is 0.0407. The summed E-state index contributed by atoms with van der Waals surface area (Å²) in [6.07, 6.45) is 20.5. The maximum atomic E-state index is 14.4. The van der Waals surface area contributed by atoms with Crippen molar-refractivity contribution in [1.29, 1.82) is 0 Å². The minimum atomic E-state index is -1.83. The van der Waals surface area contributed by atoms with Crippen LogP contribution in [0.15, 0.2) is 149 Å². The molecule has 7 N–H and O–H groups in total. The van der Waals surface area contributed by atoms with E-state index in [0.717, 1.165) is 17.6 Å². The van der Waals surface area contributed by atoms with Gasteiger partial charge in [-0.15, -0.1) is 0 Å². The van der Waals surface area contributed by atoms with Gasteiger partial charge in [-0.1, -0.05) is 153 Å². The van der Waals surface area contributed by atoms with Crippen LogP contribution in [0.2, 0.25) is 0 Å². The van der Waals surface area contributed by atoms with Gasteiger partial charge < -0.3 is 131 Å². The Hall–Kier alpha value is -5.93. The van der Waals surface area contributed by atoms with E-state index < -0.39 is 139 Å². The van der Waals surface area contributed by atoms with Gasteiger partial charge in [-0.3, -0.25) is 9.59 Å². The Morgan fingerprint density at radius 3 is 1.26 bits per heavy atom. The van der Waals surface area contributed by atoms with E-state index in [9.17, 15) is 34.8 Å². The molecule has 8 fully saturated rings. The highest BCUT2D eigenvalue weighted by molar-refractivity contribution is 5.87. The lowest BCUT2D eigenvalue weighted by molar-refractivity contribution is -0.312. The molecule has 134 heavy (non-hydrogen) atoms. The standard InChI is InChI=1S/C49H75NO13.C48H73NO13.C7H6O2/c1-12-26(2)44-29(5)18-19-48(63-44)24-35-21-34(62-48)17-16-28(4)43(27(3)14-13-15-33-25-56-46-42(51)30(6)20-36(47(52)59-35)49(33,46)53)60-40-23-38(55-11)45(32(8)58-40)61-39-22-37(54-10)41(50-9)31(7)57-39;1-25(2)42-28(5)17-18-47(62-42)23-34-20-33(61-47)16-15-27(4)43(26(3)13-12-14-32-24-55-45-41(50)29(6)19-35(46(51)58-34)48(32,45)52)59-39-22-37(54-11)44(31(8)57-39)60-38-21-36(53-10)40(49-9)30(7)56-38;8-7(9)6-4-2-1-3-5-6/h13-16,18-20,26-27,29,31-32,34-46,50-51,53H,12,17,21-25H2,1-11H3;12-15,17-19,25-26,28,30-31,33-45,49-50,52H,16,20-24H2,1-11H3;1-5H,(H,8,9)/b14-13+,28-16+,33-15+;13-12+,27-15+,32-14+;/t26?,27-,29-,31+,32-,34+,35-,36-,37+,38-,39-,40-,41+,42+,43-,44+,45-,46+,48+,49+;26-,28-,30+,31-,33+,34-,35-,36+,37-,38-,39-,40+,41+,42+,43-,44-,45+,47+,48+;/m00./s1. The van der Waals surface area contributed by atoms with Crippen molar-refractivity contribution < 1.29 is 135 Å². The van der Waals surface area contributed by atoms with E-state index in [1.165, 1.54) is 0 Å². The Balaban J connectivity index is 0.000000207. The average molecular weight is 1880 g/mol. The van der Waals surface area contributed by atoms with E-state index in [-0.39, 0.29) is 134 Å². The molecule has 15 rings (SSSR count). The molecule has 0 saturated carbocycles. The number of carboxylic acid groups (broad SMARTS) is 1. The van der Waals surface area contributed by atoms with Crippen LogP contribution in [-0.2, 0) is 104 Å². The lowest BCUT2D eigenvalue weighted by atomic mass is 9.71. The van der Waals surface area contributed by atoms with Crippen LogP contribution >= 0.6 is 0 Å². The number of methoxy groups -OCH3 is 4. The fourth-order valence-electron chi connectivity index (χ4n) is 22.5. The largest absolute Gasteiger partial charge is 0.478 e. The number of fused-ring (bicyclic) bond motifs is 4. The quantitative estimate of drug-likeness (QED) is 0.0530. The molecule has 30 heteroatoms. The molecule has 0 amide bonds. The molecule has 748 valence electrons. The summed E-state index contributed by atoms with van der Waals surface area (Å²) in [6.45, 7) is 32.7. The first-order valence-electron chi connectivity index (χ1n) is 48.8. The van der Waals surface area contributed by atoms with Gasteiger partial charge in [0.15, 0.2) is 36.7 Å². The van der Waals surface area contributed by atoms with Crippen LogP contribution in [0.5, 0.6) is 0 Å². The van der Waals surface area contributed by atoms with Gasteiger partial charge in [0.05, 0.1) is 116 Å². The van der Waals surface area contributed by atoms with Gasteiger partial charge >= 0.3 is 17.9 Å². The van der Waals surface area contributed by atoms with Crippen molar-refractivity contribution in [3.05, 3.63) is 154 Å². The first-order valence-corrected chi connectivity index (χ1v) is 48.8. The minimum Gasteiger partial charge on any atom is -0.478 e. The predicted octanol–water partition coefficient (Wildman–Crippen LogP) is 12.2. The third kappa shape index (κ3) is 23.4. The second-order valence-corrected chi connectivity index (χ2v) is 40.1. The highest BCUT2D eigenvalue weighted by atomic mass is 16.8. The molecular weight excluding hydrogens is 1730 g/mol. The molecule has 1 unspecified atom stereocenters. The van der Waals surface area contributed by atoms with E-state index in [1.807, 2.05) is 78.2 Å². The molecule has 2 aliphatic carbocycles. The molecule has 1 aromatic carbocycles. The molecule has 0 aromatic heterocycles. The van der Waals surface area contributed by atoms with Crippen molar-refractivity contribution in [3.63, 3.8) is 0 Å². The van der Waals surface area contributed by atoms with Gasteiger partial charge in [0.25, 0.3) is 0 Å². The van der Waals surface area contributed by atoms with Crippen molar-refractivity contribution in [2.24, 2.45) is 47.3 Å². The van der Waals surface area contributed by atoms with Gasteiger partial charge in [0.1, 0.15) is 71.9 Å². The summed E-state index contributed by atoms with van der Waals surface area (Å²) in [6, 6.07) is 8.38. The molecule has 1 aromatic rings. The van der Waals surface area contributed by atoms with E-state index in [1.54, 1.807) is 96.9 Å². The molecule has 39 atom stereocenters. The van der Waals surface area contributed by atoms with Crippen LogP contribution in [0.3, 0.4) is 0 Å². The molecule has 14 aliphatic rings. The lowest BCUT2D eigenvalue weighted by Gasteiger charge is -2.48. The second kappa shape index (κ2) is 45.8. The van der Waals surface area contributed by atoms with Gasteiger partial charge in [0, 0.05) is 103 Å². The molecule has 12 aliphatic heterocycles. The Kier molecular flexibility index (Phi) is 36.0. The Morgan fingerprint density at radius 2 is 0.881 bits per heavy atom. The third-order valence-corrected chi connectivity index (χ3v) is 30.2. The Bertz CT molecular complexity index is 4410. The number of aliphatic hydroxyl groups is 4. The number of carbonyl (C=O) groups excluding carboxylic acids is 2. The first-order chi connectivity index (χ1) is 63.8. The lowest BCUT2D eigenvalue weighted by Crippen LogP contribution is -2.58. The zero-order valence-corrected chi connectivity index (χ0v) is 82.6. The highest BCUT2D eigenvalue weighted by Crippen LogP contribution is 2.51. The van der Waals surface area contributed by atoms with Crippen molar-refractivity contribution in [2.75, 3.05) is 55.7 Å². The SMILES string of the molecule is CCC(C)[C@H]1O[C@]2(C=C[C@@H]1C)C[C@@H]1C[C@@H](C/C=C(\C)[C@@H](O[C@H]3C[C@H](OC)[C@@H](O[C@H]4C[C@@H](OC)[C@H](NC)[C@@H](C)O4)[C@H](C)O3)[C@@H](C)/C=C/C=C3\CO[C@@H]4[C@H](O)C(C)=C[C@@H](C(=O)O1)[C@]34O)O2.CN[C@@H]1[C@@H](C)O[C@@H](O[C@H]2[C@H](C)O[C@@H](O[C@@H]3/C(C)=C/C[C@@H]4C[C@@H](C[C@]5(C=C[C@H](C)[C@@H](C(C)C)O5)O4)OC(=O)[C@@H]4C=C(C)[C@@H](O)[C@H]5OC/C(=C\C=C\[C@@H]3C)[C@]54O)C[C@@H]2OC)C[C@H]1OC.O=C(O)c1ccccc1. The summed E-state index contributed by atoms with van der Waals surface area (Å²) in [5, 5.41) is 62.5. The molecule has 12 heterocycles. The number of allylic oxidation sites excluding steroid dienone is 4. The molecular formula is C104H154N2O28. The van der Waals surface area contributed by atoms with Crippen LogP contribution in [0.4, 0.5) is 0 Å². The van der Waals surface area contributed by atoms with E-state index in [0.29, 0.717) is 92.1 Å². The van der Waals surface area contributed by atoms with Crippen molar-refractivity contribution in [2.45, 2.75) is 376 Å². The Labute approximate surface area is 792 Å². The topological polar surface area (TPSA) is 361 Å². The number of aliphatic hydroxyl groups excluding tert-OH is 2. The smallest absolute Gasteiger partial charge is 0.335 e. The third-order valence-electron chi connectivity index (χ3n) is 30.2. The van der Waals surface area contributed by atoms with Gasteiger partial charge in [-0.25, -0.2) is 4.79 Å². The number of esters is 2. The fraction of sp³-hybridized carbons (Fsp3) is 0.721. The number of rotatable bonds is 18. The number of likely N-dealkylation sites (N-methyl/N-ethyl adjacent to an activating group) is 2. The van der Waals surface area contributed by atoms with Crippen LogP contribution in [0.25, 0.3) is 0 Å². The molecule has 30 nitrogen and oxygen atoms in total. The number of nitrogens with one attached hydrogen (secondary N) is 2. The molecule has 2 spiro atoms. The number of aromatic carboxylic acids is 1. The van der Waals surface area contributed by atoms with Crippen LogP contribution < -0.4 is 10.6 Å². The number of hydrogen-bond acceptors (Lipinski definition) is 29. The maximum absolute atomic E-state index is 14.4. The Morgan fingerprint density at radius 1 is 0.493 bits per heavy atom. The zero-order valence-electron chi connectivity index (χ0n) is 82.6. The van der Waals surface area contributed by atoms with Crippen molar-refractivity contribution in [3.8, 4) is 0 Å². The maximum Gasteiger partial charge on any atom is 0.335 e. The molecule has 4 bridgehead atoms. The van der Waals surface area contributed by atoms with E-state index in [4.69, 9.17) is 99.8 Å². The fourth-order valence-corrected chi connectivity index (χ4v) is 22.5. The number of ether oxygens (including phenoxy) is 20. The summed E-state index contributed by atoms with van der Waals surface area (Å²) in [5.41, 5.74) is 0.686. The number of carboxylic acids is 1. The average Bonchev–Trinajstić information content (AvgIpc) is 1.56. The molecule has 0 radical (unpaired) electrons. The summed E-state index contributed by atoms with van der Waals surface area (Å²) in [5.74, 6) is -5.95. The number of hydrogen-bond donors (Lipinski definition) is 7. The summed E-state index contributed by atoms with van der Waals surface area (Å²) in [7, 11) is 10.6. The predicted molar refractivity (Wildman–Crippen MR) is 497 cm³/mol.